The molecule has 0 unspecified atom stereocenters. The third kappa shape index (κ3) is 5.24. The van der Waals surface area contributed by atoms with Crippen molar-refractivity contribution in [2.45, 2.75) is 75.2 Å². The van der Waals surface area contributed by atoms with Crippen LogP contribution in [0.25, 0.3) is 17.3 Å². The lowest BCUT2D eigenvalue weighted by Crippen LogP contribution is -2.48. The number of methoxy groups -OCH3 is 1. The number of aryl methyl sites for hydroxylation is 1. The van der Waals surface area contributed by atoms with E-state index in [1.54, 1.807) is 25.4 Å². The zero-order valence-electron chi connectivity index (χ0n) is 27.8. The van der Waals surface area contributed by atoms with Crippen LogP contribution in [0.15, 0.2) is 35.0 Å². The van der Waals surface area contributed by atoms with Crippen LogP contribution >= 0.6 is 0 Å². The van der Waals surface area contributed by atoms with Crippen LogP contribution in [-0.4, -0.2) is 93.9 Å². The molecular formula is C35H39N9O5. The smallest absolute Gasteiger partial charge is 0.272 e. The maximum absolute atomic E-state index is 12.9. The number of likely N-dealkylation sites (N-methyl/N-ethyl adjacent to an activating group) is 1. The Morgan fingerprint density at radius 3 is 2.86 bits per heavy atom. The molecule has 49 heavy (non-hydrogen) atoms. The number of ether oxygens (including phenoxy) is 3. The molecule has 14 nitrogen and oxygen atoms in total. The number of fused-ring (bicyclic) bond motifs is 4. The minimum absolute atomic E-state index is 0.0196. The van der Waals surface area contributed by atoms with Crippen LogP contribution in [0.4, 0.5) is 5.69 Å². The van der Waals surface area contributed by atoms with E-state index in [0.717, 1.165) is 67.5 Å². The SMILES string of the molecule is CO[C@H]1CCN(C)[C@@H]1[C@H](C)Oc1cc(-n2ccc(C(=O)NC3COC3)n2)nc(-c2noc3c2CCC[C@@]32CCc3ccc(N)c(C#N)c32)n1. The van der Waals surface area contributed by atoms with Crippen molar-refractivity contribution in [2.75, 3.05) is 39.6 Å². The van der Waals surface area contributed by atoms with E-state index in [4.69, 9.17) is 34.4 Å². The van der Waals surface area contributed by atoms with Gasteiger partial charge in [-0.3, -0.25) is 9.69 Å². The van der Waals surface area contributed by atoms with Crippen molar-refractivity contribution in [1.29, 1.82) is 5.26 Å². The molecule has 0 bridgehead atoms. The van der Waals surface area contributed by atoms with Crippen LogP contribution in [0.2, 0.25) is 0 Å². The summed E-state index contributed by atoms with van der Waals surface area (Å²) in [6.45, 7) is 3.89. The normalized spacial score (nSPS) is 23.9. The lowest BCUT2D eigenvalue weighted by Gasteiger charge is -2.33. The van der Waals surface area contributed by atoms with Crippen molar-refractivity contribution in [3.8, 4) is 29.3 Å². The van der Waals surface area contributed by atoms with Crippen molar-refractivity contribution in [2.24, 2.45) is 0 Å². The second-order valence-electron chi connectivity index (χ2n) is 13.5. The standard InChI is InChI=1S/C35H39N9O5/c1-19(31-26(46-3)10-13-43(31)2)48-28-15-27(44-14-9-25(41-44)34(45)38-21-17-47-18-21)39-33(40-28)30-22-5-4-11-35(32(22)49-42-30)12-8-20-6-7-24(37)23(16-36)29(20)35/h6-7,9,14-15,19,21,26,31H,4-5,8,10-13,17-18,37H2,1-3H3,(H,38,45)/t19-,26-,31+,35-/m0/s1. The van der Waals surface area contributed by atoms with Crippen molar-refractivity contribution in [3.05, 3.63) is 64.2 Å². The Morgan fingerprint density at radius 2 is 2.08 bits per heavy atom. The summed E-state index contributed by atoms with van der Waals surface area (Å²) in [6.07, 6.45) is 6.39. The van der Waals surface area contributed by atoms with Gasteiger partial charge in [0.1, 0.15) is 12.2 Å². The molecule has 4 aromatic rings. The molecule has 3 N–H and O–H groups in total. The summed E-state index contributed by atoms with van der Waals surface area (Å²) in [4.78, 5) is 24.9. The maximum Gasteiger partial charge on any atom is 0.272 e. The number of amides is 1. The minimum Gasteiger partial charge on any atom is -0.473 e. The van der Waals surface area contributed by atoms with Crippen LogP contribution < -0.4 is 15.8 Å². The largest absolute Gasteiger partial charge is 0.473 e. The monoisotopic (exact) mass is 665 g/mol. The third-order valence-corrected chi connectivity index (χ3v) is 10.7. The van der Waals surface area contributed by atoms with Gasteiger partial charge in [0.2, 0.25) is 5.88 Å². The quantitative estimate of drug-likeness (QED) is 0.263. The molecule has 2 aliphatic carbocycles. The van der Waals surface area contributed by atoms with Crippen molar-refractivity contribution >= 4 is 11.6 Å². The Balaban J connectivity index is 1.19. The average molecular weight is 666 g/mol. The van der Waals surface area contributed by atoms with Crippen molar-refractivity contribution in [1.82, 2.24) is 35.1 Å². The summed E-state index contributed by atoms with van der Waals surface area (Å²) < 4.78 is 25.3. The lowest BCUT2D eigenvalue weighted by molar-refractivity contribution is -0.00355. The molecule has 8 rings (SSSR count). The molecule has 1 amide bonds. The Morgan fingerprint density at radius 1 is 1.22 bits per heavy atom. The minimum atomic E-state index is -0.502. The molecule has 14 heteroatoms. The first-order valence-electron chi connectivity index (χ1n) is 16.8. The highest BCUT2D eigenvalue weighted by Gasteiger charge is 2.49. The van der Waals surface area contributed by atoms with Gasteiger partial charge >= 0.3 is 0 Å². The number of nitriles is 1. The topological polar surface area (TPSA) is 179 Å². The summed E-state index contributed by atoms with van der Waals surface area (Å²) >= 11 is 0. The highest BCUT2D eigenvalue weighted by Crippen LogP contribution is 2.54. The van der Waals surface area contributed by atoms with Gasteiger partial charge in [0.15, 0.2) is 28.8 Å². The summed E-state index contributed by atoms with van der Waals surface area (Å²) in [7, 11) is 3.79. The molecule has 254 valence electrons. The summed E-state index contributed by atoms with van der Waals surface area (Å²) in [6, 6.07) is 9.56. The highest BCUT2D eigenvalue weighted by molar-refractivity contribution is 5.92. The second kappa shape index (κ2) is 12.2. The molecule has 0 saturated carbocycles. The first-order chi connectivity index (χ1) is 23.8. The Bertz CT molecular complexity index is 1960. The number of nitrogens with one attached hydrogen (secondary N) is 1. The zero-order valence-corrected chi connectivity index (χ0v) is 27.8. The van der Waals surface area contributed by atoms with E-state index in [1.165, 1.54) is 4.68 Å². The number of aromatic nitrogens is 5. The third-order valence-electron chi connectivity index (χ3n) is 10.7. The number of hydrogen-bond donors (Lipinski definition) is 2. The molecule has 1 spiro atoms. The number of anilines is 1. The molecular weight excluding hydrogens is 626 g/mol. The van der Waals surface area contributed by atoms with Gasteiger partial charge < -0.3 is 29.8 Å². The fourth-order valence-corrected chi connectivity index (χ4v) is 8.22. The summed E-state index contributed by atoms with van der Waals surface area (Å²) in [5, 5.41) is 22.2. The van der Waals surface area contributed by atoms with Crippen LogP contribution in [-0.2, 0) is 27.7 Å². The fourth-order valence-electron chi connectivity index (χ4n) is 8.22. The molecule has 3 aromatic heterocycles. The van der Waals surface area contributed by atoms with Gasteiger partial charge in [-0.05, 0) is 75.8 Å². The number of carbonyl (C=O) groups is 1. The number of carbonyl (C=O) groups excluding carboxylic acids is 1. The van der Waals surface area contributed by atoms with E-state index < -0.39 is 5.41 Å². The molecule has 2 aliphatic heterocycles. The van der Waals surface area contributed by atoms with E-state index in [-0.39, 0.29) is 35.9 Å². The average Bonchev–Trinajstić information content (AvgIpc) is 3.89. The predicted molar refractivity (Wildman–Crippen MR) is 176 cm³/mol. The van der Waals surface area contributed by atoms with Gasteiger partial charge in [0.25, 0.3) is 5.91 Å². The van der Waals surface area contributed by atoms with Crippen LogP contribution in [0.5, 0.6) is 5.88 Å². The number of hydrogen-bond acceptors (Lipinski definition) is 12. The molecule has 2 fully saturated rings. The van der Waals surface area contributed by atoms with E-state index in [0.29, 0.717) is 47.7 Å². The number of nitrogens with zero attached hydrogens (tertiary/aromatic N) is 7. The van der Waals surface area contributed by atoms with Crippen LogP contribution in [0.3, 0.4) is 0 Å². The van der Waals surface area contributed by atoms with Gasteiger partial charge in [-0.1, -0.05) is 11.2 Å². The lowest BCUT2D eigenvalue weighted by atomic mass is 9.68. The molecule has 4 atom stereocenters. The van der Waals surface area contributed by atoms with Gasteiger partial charge in [0, 0.05) is 37.2 Å². The number of benzene rings is 1. The first kappa shape index (κ1) is 31.4. The van der Waals surface area contributed by atoms with Gasteiger partial charge in [0.05, 0.1) is 42.4 Å². The summed E-state index contributed by atoms with van der Waals surface area (Å²) in [5.74, 6) is 1.53. The second-order valence-corrected chi connectivity index (χ2v) is 13.5. The highest BCUT2D eigenvalue weighted by atomic mass is 16.5. The van der Waals surface area contributed by atoms with Crippen molar-refractivity contribution < 1.29 is 23.5 Å². The molecule has 4 aliphatic rings. The van der Waals surface area contributed by atoms with E-state index in [9.17, 15) is 10.1 Å². The van der Waals surface area contributed by atoms with E-state index >= 15 is 0 Å². The molecule has 5 heterocycles. The van der Waals surface area contributed by atoms with Crippen LogP contribution in [0, 0.1) is 11.3 Å². The Labute approximate surface area is 283 Å². The van der Waals surface area contributed by atoms with Gasteiger partial charge in [-0.2, -0.15) is 15.3 Å². The Hall–Kier alpha value is -4.84. The van der Waals surface area contributed by atoms with Crippen molar-refractivity contribution in [3.63, 3.8) is 0 Å². The first-order valence-corrected chi connectivity index (χ1v) is 16.8. The molecule has 2 saturated heterocycles. The number of likely N-dealkylation sites (tertiary alicyclic amines) is 1. The number of rotatable bonds is 8. The summed E-state index contributed by atoms with van der Waals surface area (Å²) in [5.41, 5.74) is 10.6. The number of nitrogen functional groups attached to an aromatic ring is 1. The molecule has 0 radical (unpaired) electrons. The number of nitrogens with two attached hydrogens (primary N) is 1. The van der Waals surface area contributed by atoms with Gasteiger partial charge in [-0.25, -0.2) is 9.67 Å². The van der Waals surface area contributed by atoms with Gasteiger partial charge in [-0.15, -0.1) is 0 Å². The van der Waals surface area contributed by atoms with Crippen LogP contribution in [0.1, 0.15) is 71.1 Å². The molecule has 1 aromatic carbocycles. The predicted octanol–water partition coefficient (Wildman–Crippen LogP) is 2.95. The maximum atomic E-state index is 12.9. The zero-order chi connectivity index (χ0) is 33.9. The van der Waals surface area contributed by atoms with E-state index in [2.05, 4.69) is 33.6 Å². The Kier molecular flexibility index (Phi) is 7.85. The van der Waals surface area contributed by atoms with E-state index in [1.807, 2.05) is 19.1 Å². The fraction of sp³-hybridized carbons (Fsp3) is 0.486.